The van der Waals surface area contributed by atoms with E-state index in [-0.39, 0.29) is 5.84 Å². The first kappa shape index (κ1) is 7.97. The van der Waals surface area contributed by atoms with Gasteiger partial charge in [-0.15, -0.1) is 5.10 Å². The van der Waals surface area contributed by atoms with Crippen LogP contribution in [0.25, 0.3) is 0 Å². The molecule has 68 valence electrons. The molecule has 0 spiro atoms. The molecule has 0 unspecified atom stereocenters. The lowest BCUT2D eigenvalue weighted by Crippen LogP contribution is -2.39. The summed E-state index contributed by atoms with van der Waals surface area (Å²) in [6, 6.07) is 1.73. The lowest BCUT2D eigenvalue weighted by molar-refractivity contribution is 0.604. The molecule has 2 heterocycles. The van der Waals surface area contributed by atoms with Gasteiger partial charge < -0.3 is 10.6 Å². The van der Waals surface area contributed by atoms with E-state index in [0.717, 1.165) is 18.9 Å². The molecule has 0 amide bonds. The number of hydrogen-bond acceptors (Lipinski definition) is 4. The maximum absolute atomic E-state index is 7.35. The van der Waals surface area contributed by atoms with E-state index in [4.69, 9.17) is 11.1 Å². The molecule has 0 atom stereocenters. The van der Waals surface area contributed by atoms with E-state index in [9.17, 15) is 0 Å². The number of aromatic nitrogens is 2. The summed E-state index contributed by atoms with van der Waals surface area (Å²) in [5, 5.41) is 15.1. The first-order valence-electron chi connectivity index (χ1n) is 4.20. The molecule has 1 aromatic rings. The van der Waals surface area contributed by atoms with Crippen molar-refractivity contribution in [1.29, 1.82) is 5.41 Å². The van der Waals surface area contributed by atoms with E-state index in [1.165, 1.54) is 6.42 Å². The first-order chi connectivity index (χ1) is 6.29. The molecule has 3 N–H and O–H groups in total. The van der Waals surface area contributed by atoms with Crippen molar-refractivity contribution < 1.29 is 0 Å². The monoisotopic (exact) mass is 177 g/mol. The molecule has 1 aliphatic heterocycles. The van der Waals surface area contributed by atoms with Gasteiger partial charge in [0.15, 0.2) is 5.82 Å². The van der Waals surface area contributed by atoms with E-state index >= 15 is 0 Å². The Balaban J connectivity index is 2.36. The number of nitrogens with two attached hydrogens (primary N) is 1. The molecule has 1 saturated heterocycles. The maximum Gasteiger partial charge on any atom is 0.162 e. The minimum Gasteiger partial charge on any atom is -0.384 e. The summed E-state index contributed by atoms with van der Waals surface area (Å²) in [7, 11) is 0. The normalized spacial score (nSPS) is 15.2. The Morgan fingerprint density at radius 2 is 2.31 bits per heavy atom. The Morgan fingerprint density at radius 1 is 1.54 bits per heavy atom. The number of nitrogens with one attached hydrogen (secondary N) is 1. The van der Waals surface area contributed by atoms with Crippen LogP contribution >= 0.6 is 0 Å². The van der Waals surface area contributed by atoms with Crippen LogP contribution in [-0.4, -0.2) is 29.1 Å². The molecule has 5 nitrogen and oxygen atoms in total. The highest BCUT2D eigenvalue weighted by Gasteiger charge is 2.20. The van der Waals surface area contributed by atoms with Crippen LogP contribution in [0.2, 0.25) is 0 Å². The third kappa shape index (κ3) is 1.32. The van der Waals surface area contributed by atoms with Crippen molar-refractivity contribution in [2.75, 3.05) is 18.0 Å². The van der Waals surface area contributed by atoms with Crippen molar-refractivity contribution in [3.63, 3.8) is 0 Å². The third-order valence-electron chi connectivity index (χ3n) is 2.15. The van der Waals surface area contributed by atoms with E-state index < -0.39 is 0 Å². The van der Waals surface area contributed by atoms with E-state index in [2.05, 4.69) is 15.1 Å². The van der Waals surface area contributed by atoms with Crippen LogP contribution in [0.4, 0.5) is 5.82 Å². The van der Waals surface area contributed by atoms with E-state index in [0.29, 0.717) is 5.56 Å². The van der Waals surface area contributed by atoms with Crippen LogP contribution in [0.1, 0.15) is 12.0 Å². The van der Waals surface area contributed by atoms with Gasteiger partial charge >= 0.3 is 0 Å². The minimum atomic E-state index is 0.0526. The molecule has 1 aliphatic rings. The van der Waals surface area contributed by atoms with Crippen LogP contribution in [-0.2, 0) is 0 Å². The second-order valence-corrected chi connectivity index (χ2v) is 3.02. The highest BCUT2D eigenvalue weighted by atomic mass is 15.3. The highest BCUT2D eigenvalue weighted by Crippen LogP contribution is 2.20. The molecule has 0 saturated carbocycles. The number of rotatable bonds is 2. The summed E-state index contributed by atoms with van der Waals surface area (Å²) in [5.74, 6) is 0.790. The zero-order valence-electron chi connectivity index (χ0n) is 7.20. The van der Waals surface area contributed by atoms with Gasteiger partial charge in [0.25, 0.3) is 0 Å². The Labute approximate surface area is 76.1 Å². The largest absolute Gasteiger partial charge is 0.384 e. The van der Waals surface area contributed by atoms with Gasteiger partial charge in [-0.2, -0.15) is 5.10 Å². The second kappa shape index (κ2) is 3.01. The zero-order chi connectivity index (χ0) is 9.26. The van der Waals surface area contributed by atoms with Crippen molar-refractivity contribution in [2.45, 2.75) is 6.42 Å². The number of nitrogens with zero attached hydrogens (tertiary/aromatic N) is 3. The molecule has 5 heteroatoms. The van der Waals surface area contributed by atoms with Crippen molar-refractivity contribution in [3.05, 3.63) is 17.8 Å². The smallest absolute Gasteiger partial charge is 0.162 e. The molecule has 13 heavy (non-hydrogen) atoms. The Kier molecular flexibility index (Phi) is 1.84. The van der Waals surface area contributed by atoms with Crippen LogP contribution in [0.5, 0.6) is 0 Å². The number of amidine groups is 1. The van der Waals surface area contributed by atoms with Gasteiger partial charge in [0.1, 0.15) is 5.84 Å². The quantitative estimate of drug-likeness (QED) is 0.491. The predicted molar refractivity (Wildman–Crippen MR) is 49.9 cm³/mol. The van der Waals surface area contributed by atoms with Crippen LogP contribution < -0.4 is 10.6 Å². The third-order valence-corrected chi connectivity index (χ3v) is 2.15. The van der Waals surface area contributed by atoms with Crippen molar-refractivity contribution >= 4 is 11.7 Å². The Morgan fingerprint density at radius 3 is 2.85 bits per heavy atom. The lowest BCUT2D eigenvalue weighted by atomic mass is 10.1. The molecule has 1 aromatic heterocycles. The number of hydrogen-bond donors (Lipinski definition) is 2. The molecule has 2 rings (SSSR count). The van der Waals surface area contributed by atoms with Gasteiger partial charge in [-0.1, -0.05) is 0 Å². The average Bonchev–Trinajstić information content (AvgIpc) is 2.02. The molecular formula is C8H11N5. The second-order valence-electron chi connectivity index (χ2n) is 3.02. The summed E-state index contributed by atoms with van der Waals surface area (Å²) in [6.07, 6.45) is 2.73. The SMILES string of the molecule is N=C(N)c1ccnnc1N1CCC1. The van der Waals surface area contributed by atoms with Gasteiger partial charge in [-0.05, 0) is 12.5 Å². The molecule has 0 aromatic carbocycles. The lowest BCUT2D eigenvalue weighted by Gasteiger charge is -2.32. The first-order valence-corrected chi connectivity index (χ1v) is 4.20. The Bertz CT molecular complexity index is 331. The van der Waals surface area contributed by atoms with Crippen molar-refractivity contribution in [1.82, 2.24) is 10.2 Å². The van der Waals surface area contributed by atoms with Gasteiger partial charge in [-0.3, -0.25) is 5.41 Å². The van der Waals surface area contributed by atoms with Crippen LogP contribution in [0, 0.1) is 5.41 Å². The fourth-order valence-electron chi connectivity index (χ4n) is 1.30. The molecule has 0 bridgehead atoms. The summed E-state index contributed by atoms with van der Waals surface area (Å²) in [6.45, 7) is 1.97. The minimum absolute atomic E-state index is 0.0526. The van der Waals surface area contributed by atoms with Gasteiger partial charge in [0, 0.05) is 13.1 Å². The van der Waals surface area contributed by atoms with E-state index in [1.807, 2.05) is 0 Å². The number of anilines is 1. The van der Waals surface area contributed by atoms with Crippen molar-refractivity contribution in [3.8, 4) is 0 Å². The standard InChI is InChI=1S/C8H11N5/c9-7(10)6-2-3-11-12-8(6)13-4-1-5-13/h2-3H,1,4-5H2,(H3,9,10). The number of nitrogen functional groups attached to an aromatic ring is 1. The van der Waals surface area contributed by atoms with Crippen molar-refractivity contribution in [2.24, 2.45) is 5.73 Å². The highest BCUT2D eigenvalue weighted by molar-refractivity contribution is 5.99. The fourth-order valence-corrected chi connectivity index (χ4v) is 1.30. The molecular weight excluding hydrogens is 166 g/mol. The fraction of sp³-hybridized carbons (Fsp3) is 0.375. The Hall–Kier alpha value is -1.65. The summed E-state index contributed by atoms with van der Waals surface area (Å²) in [4.78, 5) is 2.07. The summed E-state index contributed by atoms with van der Waals surface area (Å²) in [5.41, 5.74) is 6.10. The molecule has 0 aliphatic carbocycles. The topological polar surface area (TPSA) is 78.9 Å². The van der Waals surface area contributed by atoms with Crippen LogP contribution in [0.3, 0.4) is 0 Å². The average molecular weight is 177 g/mol. The van der Waals surface area contributed by atoms with Crippen LogP contribution in [0.15, 0.2) is 12.3 Å². The summed E-state index contributed by atoms with van der Waals surface area (Å²) >= 11 is 0. The van der Waals surface area contributed by atoms with Gasteiger partial charge in [0.2, 0.25) is 0 Å². The zero-order valence-corrected chi connectivity index (χ0v) is 7.20. The molecule has 0 radical (unpaired) electrons. The molecule has 1 fully saturated rings. The van der Waals surface area contributed by atoms with Gasteiger partial charge in [0.05, 0.1) is 11.8 Å². The predicted octanol–water partition coefficient (Wildman–Crippen LogP) is -0.0292. The summed E-state index contributed by atoms with van der Waals surface area (Å²) < 4.78 is 0. The van der Waals surface area contributed by atoms with Gasteiger partial charge in [-0.25, -0.2) is 0 Å². The van der Waals surface area contributed by atoms with E-state index in [1.54, 1.807) is 12.3 Å². The maximum atomic E-state index is 7.35.